The maximum Gasteiger partial charge on any atom is 0.337 e. The van der Waals surface area contributed by atoms with E-state index in [9.17, 15) is 50.3 Å². The molecule has 19 heteroatoms. The molecule has 2 aromatic carbocycles. The number of alkyl halides is 3. The molecule has 0 fully saturated rings. The van der Waals surface area contributed by atoms with E-state index in [1.165, 1.54) is 6.92 Å². The molecule has 0 bridgehead atoms. The van der Waals surface area contributed by atoms with E-state index in [0.29, 0.717) is 18.2 Å². The summed E-state index contributed by atoms with van der Waals surface area (Å²) in [5.74, 6) is -14.0. The predicted octanol–water partition coefficient (Wildman–Crippen LogP) is 6.15. The Morgan fingerprint density at radius 1 is 0.780 bits per heavy atom. The Kier molecular flexibility index (Phi) is 13.6. The van der Waals surface area contributed by atoms with Gasteiger partial charge in [-0.3, -0.25) is 4.79 Å². The fourth-order valence-corrected chi connectivity index (χ4v) is 7.22. The van der Waals surface area contributed by atoms with Crippen LogP contribution in [0.2, 0.25) is 0 Å². The highest BCUT2D eigenvalue weighted by Gasteiger charge is 2.45. The molecule has 0 amide bonds. The summed E-state index contributed by atoms with van der Waals surface area (Å²) in [6.45, 7) is 0.686. The number of carbonyl (C=O) groups is 5. The van der Waals surface area contributed by atoms with Gasteiger partial charge < -0.3 is 34.3 Å². The summed E-state index contributed by atoms with van der Waals surface area (Å²) >= 11 is 0. The van der Waals surface area contributed by atoms with E-state index in [-0.39, 0.29) is 34.7 Å². The van der Waals surface area contributed by atoms with Gasteiger partial charge in [0.1, 0.15) is 55.5 Å². The average Bonchev–Trinajstić information content (AvgIpc) is 3.53. The Hall–Kier alpha value is -6.14. The van der Waals surface area contributed by atoms with Crippen molar-refractivity contribution in [3.63, 3.8) is 0 Å². The first-order chi connectivity index (χ1) is 27.9. The van der Waals surface area contributed by atoms with Crippen molar-refractivity contribution in [1.29, 1.82) is 0 Å². The zero-order chi connectivity index (χ0) is 43.5. The molecule has 5 rings (SSSR count). The second-order valence-electron chi connectivity index (χ2n) is 13.5. The van der Waals surface area contributed by atoms with Gasteiger partial charge in [0, 0.05) is 42.3 Å². The molecule has 0 saturated heterocycles. The lowest BCUT2D eigenvalue weighted by atomic mass is 9.77. The summed E-state index contributed by atoms with van der Waals surface area (Å²) in [6, 6.07) is 2.25. The number of halogens is 7. The van der Waals surface area contributed by atoms with Crippen molar-refractivity contribution in [3.8, 4) is 0 Å². The van der Waals surface area contributed by atoms with Crippen molar-refractivity contribution < 1.29 is 78.4 Å². The molecule has 0 aromatic heterocycles. The fourth-order valence-electron chi connectivity index (χ4n) is 7.22. The smallest absolute Gasteiger partial charge is 0.337 e. The van der Waals surface area contributed by atoms with Crippen LogP contribution in [0.3, 0.4) is 0 Å². The van der Waals surface area contributed by atoms with Crippen LogP contribution in [-0.4, -0.2) is 70.1 Å². The van der Waals surface area contributed by atoms with Crippen LogP contribution in [-0.2, 0) is 47.7 Å². The normalized spacial score (nSPS) is 18.7. The number of allylic oxidation sites excluding steroid dienone is 2. The number of cyclic esters (lactones) is 1. The summed E-state index contributed by atoms with van der Waals surface area (Å²) < 4.78 is 130. The predicted molar refractivity (Wildman–Crippen MR) is 189 cm³/mol. The number of hydrogen-bond acceptors (Lipinski definition) is 12. The third-order valence-corrected chi connectivity index (χ3v) is 9.57. The number of benzene rings is 2. The fraction of sp³-hybridized carbons (Fsp3) is 0.375. The zero-order valence-corrected chi connectivity index (χ0v) is 32.1. The molecule has 59 heavy (non-hydrogen) atoms. The van der Waals surface area contributed by atoms with Crippen molar-refractivity contribution >= 4 is 29.8 Å². The van der Waals surface area contributed by atoms with Gasteiger partial charge in [-0.2, -0.15) is 0 Å². The highest BCUT2D eigenvalue weighted by molar-refractivity contribution is 6.02. The van der Waals surface area contributed by atoms with Crippen LogP contribution < -0.4 is 10.6 Å². The number of methoxy groups -OCH3 is 1. The molecule has 316 valence electrons. The SMILES string of the molecule is COC(=O)C1=C(C)NC(COC(C)=O)=C(C(=O)OCCCOC(=O)C2=C(CF)NC3=C(C(=O)OC3)[C@H]2c2cc(F)cc(F)c2C(C)F)C1c1cc(F)cc(F)c1C(C)F. The highest BCUT2D eigenvalue weighted by Crippen LogP contribution is 2.46. The third-order valence-electron chi connectivity index (χ3n) is 9.57. The van der Waals surface area contributed by atoms with Crippen LogP contribution in [0.25, 0.3) is 0 Å². The van der Waals surface area contributed by atoms with Gasteiger partial charge in [-0.25, -0.2) is 49.9 Å². The van der Waals surface area contributed by atoms with Crippen LogP contribution in [0.1, 0.15) is 80.5 Å². The minimum Gasteiger partial charge on any atom is -0.466 e. The van der Waals surface area contributed by atoms with Gasteiger partial charge in [-0.15, -0.1) is 0 Å². The molecular weight excluding hydrogens is 801 g/mol. The lowest BCUT2D eigenvalue weighted by Gasteiger charge is -2.32. The summed E-state index contributed by atoms with van der Waals surface area (Å²) in [4.78, 5) is 65.4. The van der Waals surface area contributed by atoms with Crippen molar-refractivity contribution in [2.75, 3.05) is 40.2 Å². The molecule has 2 N–H and O–H groups in total. The Morgan fingerprint density at radius 3 is 1.80 bits per heavy atom. The number of nitrogens with one attached hydrogen (secondary N) is 2. The molecule has 3 aliphatic heterocycles. The van der Waals surface area contributed by atoms with E-state index in [1.54, 1.807) is 0 Å². The first-order valence-electron chi connectivity index (χ1n) is 17.9. The van der Waals surface area contributed by atoms with Crippen LogP contribution in [0.4, 0.5) is 30.7 Å². The van der Waals surface area contributed by atoms with E-state index in [4.69, 9.17) is 23.7 Å². The summed E-state index contributed by atoms with van der Waals surface area (Å²) in [6.07, 6.45) is -4.48. The van der Waals surface area contributed by atoms with Crippen LogP contribution in [0, 0.1) is 23.3 Å². The zero-order valence-electron chi connectivity index (χ0n) is 32.1. The van der Waals surface area contributed by atoms with E-state index in [2.05, 4.69) is 10.6 Å². The monoisotopic (exact) mass is 838 g/mol. The maximum atomic E-state index is 15.2. The topological polar surface area (TPSA) is 156 Å². The molecule has 0 aliphatic carbocycles. The standard InChI is InChI=1S/C40H37F7N2O10/c1-16(42)29-22(9-20(44)11-24(29)46)32-31(37(51)55-5)18(3)48-27(14-58-19(4)50)35(32)39(53)57-8-6-7-56-38(52)34-26(13-41)49-28-15-59-40(54)36(28)33(34)23-10-21(45)12-25(47)30(23)17(2)43/h9-12,16-17,32-33,48-49H,6-8,13-15H2,1-5H3/t16?,17?,32?,33-/m0/s1. The second kappa shape index (κ2) is 18.2. The van der Waals surface area contributed by atoms with Gasteiger partial charge >= 0.3 is 29.8 Å². The molecule has 2 aromatic rings. The molecule has 3 unspecified atom stereocenters. The first-order valence-corrected chi connectivity index (χ1v) is 17.9. The largest absolute Gasteiger partial charge is 0.466 e. The number of carbonyl (C=O) groups excluding carboxylic acids is 5. The Morgan fingerprint density at radius 2 is 1.31 bits per heavy atom. The van der Waals surface area contributed by atoms with Gasteiger partial charge in [0.25, 0.3) is 0 Å². The van der Waals surface area contributed by atoms with Gasteiger partial charge in [0.2, 0.25) is 0 Å². The third kappa shape index (κ3) is 8.97. The molecule has 0 spiro atoms. The van der Waals surface area contributed by atoms with Crippen molar-refractivity contribution in [3.05, 3.63) is 115 Å². The number of ether oxygens (including phenoxy) is 5. The van der Waals surface area contributed by atoms with Gasteiger partial charge in [0.15, 0.2) is 0 Å². The van der Waals surface area contributed by atoms with Gasteiger partial charge in [0.05, 0.1) is 71.5 Å². The number of esters is 5. The second-order valence-corrected chi connectivity index (χ2v) is 13.5. The molecule has 0 radical (unpaired) electrons. The minimum absolute atomic E-state index is 0.00474. The van der Waals surface area contributed by atoms with E-state index < -0.39 is 149 Å². The molecule has 12 nitrogen and oxygen atoms in total. The van der Waals surface area contributed by atoms with E-state index in [0.717, 1.165) is 33.9 Å². The molecule has 3 heterocycles. The van der Waals surface area contributed by atoms with Crippen molar-refractivity contribution in [1.82, 2.24) is 10.6 Å². The summed E-state index contributed by atoms with van der Waals surface area (Å²) in [7, 11) is 0.992. The van der Waals surface area contributed by atoms with Crippen LogP contribution in [0.5, 0.6) is 0 Å². The Labute approximate surface area is 332 Å². The Balaban J connectivity index is 1.43. The number of hydrogen-bond donors (Lipinski definition) is 2. The van der Waals surface area contributed by atoms with E-state index >= 15 is 4.39 Å². The van der Waals surface area contributed by atoms with E-state index in [1.807, 2.05) is 0 Å². The summed E-state index contributed by atoms with van der Waals surface area (Å²) in [5, 5.41) is 5.31. The van der Waals surface area contributed by atoms with Crippen molar-refractivity contribution in [2.45, 2.75) is 58.3 Å². The molecule has 4 atom stereocenters. The Bertz CT molecular complexity index is 2230. The molecule has 0 saturated carbocycles. The quantitative estimate of drug-likeness (QED) is 0.0971. The first kappa shape index (κ1) is 44.0. The molecular formula is C40H37F7N2O10. The number of rotatable bonds is 14. The lowest BCUT2D eigenvalue weighted by Crippen LogP contribution is -2.35. The number of dihydropyridines is 2. The maximum absolute atomic E-state index is 15.2. The van der Waals surface area contributed by atoms with Crippen LogP contribution in [0.15, 0.2) is 69.3 Å². The van der Waals surface area contributed by atoms with Gasteiger partial charge in [-0.1, -0.05) is 0 Å². The average molecular weight is 839 g/mol. The minimum atomic E-state index is -2.09. The lowest BCUT2D eigenvalue weighted by molar-refractivity contribution is -0.143. The van der Waals surface area contributed by atoms with Crippen LogP contribution >= 0.6 is 0 Å². The van der Waals surface area contributed by atoms with Crippen molar-refractivity contribution in [2.24, 2.45) is 0 Å². The van der Waals surface area contributed by atoms with Gasteiger partial charge in [-0.05, 0) is 44.0 Å². The summed E-state index contributed by atoms with van der Waals surface area (Å²) in [5.41, 5.74) is -4.92. The highest BCUT2D eigenvalue weighted by atomic mass is 19.2. The molecule has 3 aliphatic rings.